The monoisotopic (exact) mass is 494 g/mol. The van der Waals surface area contributed by atoms with Crippen molar-refractivity contribution in [1.82, 2.24) is 4.90 Å². The third-order valence-electron chi connectivity index (χ3n) is 7.81. The zero-order chi connectivity index (χ0) is 23.9. The van der Waals surface area contributed by atoms with Crippen molar-refractivity contribution >= 4 is 29.2 Å². The Labute approximate surface area is 209 Å². The van der Waals surface area contributed by atoms with Gasteiger partial charge in [-0.3, -0.25) is 4.90 Å². The number of carbonyl (C=O) groups excluding carboxylic acids is 1. The van der Waals surface area contributed by atoms with Crippen LogP contribution in [0.15, 0.2) is 78.9 Å². The molecule has 1 aliphatic carbocycles. The lowest BCUT2D eigenvalue weighted by atomic mass is 9.53. The summed E-state index contributed by atoms with van der Waals surface area (Å²) in [5.41, 5.74) is 0.0457. The first-order valence-corrected chi connectivity index (χ1v) is 12.3. The van der Waals surface area contributed by atoms with E-state index in [4.69, 9.17) is 23.2 Å². The third-order valence-corrected chi connectivity index (χ3v) is 8.55. The molecule has 0 aromatic heterocycles. The van der Waals surface area contributed by atoms with Gasteiger partial charge in [0.05, 0.1) is 15.6 Å². The molecule has 4 unspecified atom stereocenters. The number of aliphatic carboxylic acids is 1. The number of halogens is 2. The number of hydrogen-bond acceptors (Lipinski definition) is 4. The maximum Gasteiger partial charge on any atom is 0.0947 e. The van der Waals surface area contributed by atoms with E-state index in [0.717, 1.165) is 11.1 Å². The van der Waals surface area contributed by atoms with Gasteiger partial charge in [0.15, 0.2) is 0 Å². The van der Waals surface area contributed by atoms with Crippen molar-refractivity contribution in [2.45, 2.75) is 30.9 Å². The Morgan fingerprint density at radius 2 is 1.68 bits per heavy atom. The third kappa shape index (κ3) is 3.83. The second-order valence-corrected chi connectivity index (χ2v) is 10.4. The average molecular weight is 495 g/mol. The minimum absolute atomic E-state index is 0.271. The summed E-state index contributed by atoms with van der Waals surface area (Å²) in [7, 11) is 0. The number of carbonyl (C=O) groups is 1. The van der Waals surface area contributed by atoms with Crippen LogP contribution < -0.4 is 5.11 Å². The molecule has 4 nitrogen and oxygen atoms in total. The Kier molecular flexibility index (Phi) is 6.19. The Morgan fingerprint density at radius 1 is 1.00 bits per heavy atom. The van der Waals surface area contributed by atoms with Crippen LogP contribution in [0.3, 0.4) is 0 Å². The molecule has 1 N–H and O–H groups in total. The van der Waals surface area contributed by atoms with E-state index < -0.39 is 22.9 Å². The molecule has 0 bridgehead atoms. The topological polar surface area (TPSA) is 63.6 Å². The van der Waals surface area contributed by atoms with Gasteiger partial charge in [0.2, 0.25) is 0 Å². The first kappa shape index (κ1) is 23.4. The summed E-state index contributed by atoms with van der Waals surface area (Å²) in [6.45, 7) is 1.34. The van der Waals surface area contributed by atoms with Crippen molar-refractivity contribution in [3.63, 3.8) is 0 Å². The van der Waals surface area contributed by atoms with Crippen molar-refractivity contribution < 1.29 is 15.0 Å². The number of benzene rings is 3. The molecule has 1 saturated heterocycles. The molecule has 1 heterocycles. The number of rotatable bonds is 5. The van der Waals surface area contributed by atoms with Crippen LogP contribution in [0, 0.1) is 11.3 Å². The van der Waals surface area contributed by atoms with Crippen LogP contribution in [0.5, 0.6) is 0 Å². The Morgan fingerprint density at radius 3 is 2.32 bits per heavy atom. The fraction of sp³-hybridized carbons (Fsp3) is 0.321. The lowest BCUT2D eigenvalue weighted by Gasteiger charge is -2.53. The van der Waals surface area contributed by atoms with Crippen LogP contribution in [0.2, 0.25) is 10.0 Å². The Hall–Kier alpha value is -2.37. The number of aliphatic hydroxyl groups is 1. The van der Waals surface area contributed by atoms with Crippen LogP contribution in [-0.4, -0.2) is 29.1 Å². The van der Waals surface area contributed by atoms with E-state index >= 15 is 0 Å². The normalized spacial score (nSPS) is 29.0. The minimum atomic E-state index is -1.37. The van der Waals surface area contributed by atoms with Crippen LogP contribution >= 0.6 is 23.2 Å². The fourth-order valence-electron chi connectivity index (χ4n) is 6.26. The molecule has 1 aliphatic heterocycles. The highest BCUT2D eigenvalue weighted by Crippen LogP contribution is 2.61. The molecule has 34 heavy (non-hydrogen) atoms. The van der Waals surface area contributed by atoms with Gasteiger partial charge in [-0.15, -0.1) is 0 Å². The van der Waals surface area contributed by atoms with E-state index in [-0.39, 0.29) is 5.92 Å². The molecule has 2 fully saturated rings. The van der Waals surface area contributed by atoms with Gasteiger partial charge in [0.25, 0.3) is 0 Å². The molecule has 3 aromatic carbocycles. The SMILES string of the molecule is O=C([O-])C12CN(Cc3ccccc3)CC1C(O)(c1ccc(Cl)c(Cl)c1)CCC2c1ccccc1. The van der Waals surface area contributed by atoms with Gasteiger partial charge in [-0.25, -0.2) is 0 Å². The summed E-state index contributed by atoms with van der Waals surface area (Å²) in [6, 6.07) is 24.8. The molecule has 1 saturated carbocycles. The molecule has 6 heteroatoms. The summed E-state index contributed by atoms with van der Waals surface area (Å²) in [5, 5.41) is 26.0. The van der Waals surface area contributed by atoms with E-state index in [2.05, 4.69) is 4.90 Å². The van der Waals surface area contributed by atoms with Gasteiger partial charge < -0.3 is 15.0 Å². The van der Waals surface area contributed by atoms with E-state index in [0.29, 0.717) is 48.1 Å². The van der Waals surface area contributed by atoms with E-state index in [1.807, 2.05) is 60.7 Å². The van der Waals surface area contributed by atoms with Crippen LogP contribution in [-0.2, 0) is 16.9 Å². The summed E-state index contributed by atoms with van der Waals surface area (Å²) in [5.74, 6) is -1.96. The highest BCUT2D eigenvalue weighted by atomic mass is 35.5. The van der Waals surface area contributed by atoms with Gasteiger partial charge in [-0.1, -0.05) is 89.9 Å². The van der Waals surface area contributed by atoms with Gasteiger partial charge in [0.1, 0.15) is 0 Å². The summed E-state index contributed by atoms with van der Waals surface area (Å²) >= 11 is 12.5. The molecule has 0 amide bonds. The molecular formula is C28H26Cl2NO3-. The summed E-state index contributed by atoms with van der Waals surface area (Å²) in [4.78, 5) is 15.2. The first-order chi connectivity index (χ1) is 16.3. The lowest BCUT2D eigenvalue weighted by molar-refractivity contribution is -0.327. The smallest absolute Gasteiger partial charge is 0.0947 e. The predicted octanol–water partition coefficient (Wildman–Crippen LogP) is 4.63. The average Bonchev–Trinajstić information content (AvgIpc) is 3.24. The molecule has 4 atom stereocenters. The number of hydrogen-bond donors (Lipinski definition) is 1. The first-order valence-electron chi connectivity index (χ1n) is 11.5. The van der Waals surface area contributed by atoms with Crippen molar-refractivity contribution in [2.24, 2.45) is 11.3 Å². The maximum atomic E-state index is 13.1. The summed E-state index contributed by atoms with van der Waals surface area (Å²) in [6.07, 6.45) is 0.938. The maximum absolute atomic E-state index is 13.1. The number of likely N-dealkylation sites (tertiary alicyclic amines) is 1. The van der Waals surface area contributed by atoms with Crippen molar-refractivity contribution in [2.75, 3.05) is 13.1 Å². The van der Waals surface area contributed by atoms with E-state index in [1.54, 1.807) is 18.2 Å². The standard InChI is InChI=1S/C28H27Cl2NO3/c29-23-12-11-21(15-24(23)30)28(34)14-13-22(20-9-5-2-6-10-20)27(26(32)33)18-31(17-25(27)28)16-19-7-3-1-4-8-19/h1-12,15,22,25,34H,13-14,16-18H2,(H,32,33)/p-1. The quantitative estimate of drug-likeness (QED) is 0.561. The van der Waals surface area contributed by atoms with Crippen molar-refractivity contribution in [3.05, 3.63) is 106 Å². The fourth-order valence-corrected chi connectivity index (χ4v) is 6.56. The molecule has 5 rings (SSSR count). The number of nitrogens with zero attached hydrogens (tertiary/aromatic N) is 1. The molecule has 3 aromatic rings. The predicted molar refractivity (Wildman–Crippen MR) is 131 cm³/mol. The van der Waals surface area contributed by atoms with Crippen molar-refractivity contribution in [3.8, 4) is 0 Å². The number of fused-ring (bicyclic) bond motifs is 1. The Bertz CT molecular complexity index is 1190. The van der Waals surface area contributed by atoms with Crippen LogP contribution in [0.1, 0.15) is 35.4 Å². The molecule has 176 valence electrons. The molecule has 0 radical (unpaired) electrons. The molecular weight excluding hydrogens is 469 g/mol. The van der Waals surface area contributed by atoms with E-state index in [1.165, 1.54) is 0 Å². The van der Waals surface area contributed by atoms with Gasteiger partial charge in [-0.2, -0.15) is 0 Å². The molecule has 2 aliphatic rings. The van der Waals surface area contributed by atoms with Gasteiger partial charge >= 0.3 is 0 Å². The number of carboxylic acids is 1. The summed E-state index contributed by atoms with van der Waals surface area (Å²) < 4.78 is 0. The number of carboxylic acid groups (broad SMARTS) is 1. The Balaban J connectivity index is 1.62. The minimum Gasteiger partial charge on any atom is -0.549 e. The van der Waals surface area contributed by atoms with Crippen molar-refractivity contribution in [1.29, 1.82) is 0 Å². The van der Waals surface area contributed by atoms with Gasteiger partial charge in [-0.05, 0) is 47.6 Å². The highest BCUT2D eigenvalue weighted by molar-refractivity contribution is 6.42. The molecule has 0 spiro atoms. The van der Waals surface area contributed by atoms with Crippen LogP contribution in [0.25, 0.3) is 0 Å². The van der Waals surface area contributed by atoms with E-state index in [9.17, 15) is 15.0 Å². The van der Waals surface area contributed by atoms with Gasteiger partial charge in [0, 0.05) is 36.9 Å². The lowest BCUT2D eigenvalue weighted by Crippen LogP contribution is -2.59. The zero-order valence-electron chi connectivity index (χ0n) is 18.7. The highest BCUT2D eigenvalue weighted by Gasteiger charge is 2.63. The second kappa shape index (κ2) is 9.01. The van der Waals surface area contributed by atoms with Crippen LogP contribution in [0.4, 0.5) is 0 Å². The zero-order valence-corrected chi connectivity index (χ0v) is 20.2. The largest absolute Gasteiger partial charge is 0.549 e. The second-order valence-electron chi connectivity index (χ2n) is 9.59.